The molecule has 0 aliphatic carbocycles. The van der Waals surface area contributed by atoms with Crippen molar-refractivity contribution in [1.29, 1.82) is 0 Å². The van der Waals surface area contributed by atoms with Crippen LogP contribution in [0.15, 0.2) is 30.3 Å². The van der Waals surface area contributed by atoms with Gasteiger partial charge in [-0.1, -0.05) is 25.0 Å². The number of hydrogen-bond acceptors (Lipinski definition) is 5. The third-order valence-corrected chi connectivity index (χ3v) is 7.81. The highest BCUT2D eigenvalue weighted by molar-refractivity contribution is 5.99. The number of likely N-dealkylation sites (tertiary alicyclic amines) is 1. The van der Waals surface area contributed by atoms with Crippen LogP contribution in [0.1, 0.15) is 53.0 Å². The van der Waals surface area contributed by atoms with E-state index >= 15 is 0 Å². The quantitative estimate of drug-likeness (QED) is 0.499. The molecule has 2 aliphatic rings. The largest absolute Gasteiger partial charge is 0.497 e. The third-order valence-electron chi connectivity index (χ3n) is 7.81. The van der Waals surface area contributed by atoms with Gasteiger partial charge in [-0.3, -0.25) is 19.4 Å². The van der Waals surface area contributed by atoms with Gasteiger partial charge in [-0.05, 0) is 56.9 Å². The molecule has 3 heterocycles. The summed E-state index contributed by atoms with van der Waals surface area (Å²) in [5.74, 6) is 1.32. The minimum atomic E-state index is 0.188. The van der Waals surface area contributed by atoms with Crippen molar-refractivity contribution >= 4 is 11.7 Å². The van der Waals surface area contributed by atoms with E-state index in [0.29, 0.717) is 13.1 Å². The maximum absolute atomic E-state index is 13.2. The SMILES string of the molecule is COc1ccc(CCn2c(C)cc(C(=O)CN3CCN(CC(=O)N4CCCCCC4)CC3)c2C)cc1. The molecule has 0 spiro atoms. The first-order valence-electron chi connectivity index (χ1n) is 13.5. The Kier molecular flexibility index (Phi) is 9.21. The summed E-state index contributed by atoms with van der Waals surface area (Å²) in [4.78, 5) is 32.4. The number of Topliss-reactive ketones (excluding diaryl/α,β-unsaturated/α-hetero) is 1. The molecule has 2 aliphatic heterocycles. The van der Waals surface area contributed by atoms with E-state index in [0.717, 1.165) is 87.8 Å². The number of piperazine rings is 1. The Hall–Kier alpha value is -2.64. The van der Waals surface area contributed by atoms with Crippen molar-refractivity contribution in [2.45, 2.75) is 52.5 Å². The number of ether oxygens (including phenoxy) is 1. The number of carbonyl (C=O) groups is 2. The lowest BCUT2D eigenvalue weighted by molar-refractivity contribution is -0.132. The van der Waals surface area contributed by atoms with Gasteiger partial charge >= 0.3 is 0 Å². The molecule has 0 atom stereocenters. The van der Waals surface area contributed by atoms with Crippen molar-refractivity contribution < 1.29 is 14.3 Å². The Labute approximate surface area is 216 Å². The predicted octanol–water partition coefficient (Wildman–Crippen LogP) is 3.56. The van der Waals surface area contributed by atoms with Gasteiger partial charge in [0.25, 0.3) is 0 Å². The number of aryl methyl sites for hydroxylation is 2. The van der Waals surface area contributed by atoms with E-state index in [1.807, 2.05) is 23.1 Å². The summed E-state index contributed by atoms with van der Waals surface area (Å²) in [7, 11) is 1.68. The monoisotopic (exact) mass is 494 g/mol. The zero-order chi connectivity index (χ0) is 25.5. The number of carbonyl (C=O) groups excluding carboxylic acids is 2. The molecule has 0 bridgehead atoms. The first-order valence-corrected chi connectivity index (χ1v) is 13.5. The van der Waals surface area contributed by atoms with Crippen LogP contribution in [-0.4, -0.2) is 90.4 Å². The molecule has 0 N–H and O–H groups in total. The van der Waals surface area contributed by atoms with E-state index in [2.05, 4.69) is 40.3 Å². The van der Waals surface area contributed by atoms with Gasteiger partial charge in [0.05, 0.1) is 20.2 Å². The normalized spacial score (nSPS) is 17.7. The van der Waals surface area contributed by atoms with E-state index in [1.54, 1.807) is 7.11 Å². The van der Waals surface area contributed by atoms with Gasteiger partial charge in [0, 0.05) is 62.8 Å². The molecule has 7 nitrogen and oxygen atoms in total. The molecule has 7 heteroatoms. The molecule has 2 saturated heterocycles. The molecule has 1 aromatic heterocycles. The van der Waals surface area contributed by atoms with Crippen LogP contribution in [0.4, 0.5) is 0 Å². The van der Waals surface area contributed by atoms with Crippen molar-refractivity contribution in [1.82, 2.24) is 19.3 Å². The number of amides is 1. The van der Waals surface area contributed by atoms with Gasteiger partial charge in [-0.2, -0.15) is 0 Å². The fourth-order valence-electron chi connectivity index (χ4n) is 5.47. The average molecular weight is 495 g/mol. The van der Waals surface area contributed by atoms with E-state index in [-0.39, 0.29) is 11.7 Å². The van der Waals surface area contributed by atoms with Gasteiger partial charge in [0.15, 0.2) is 5.78 Å². The molecule has 2 fully saturated rings. The fourth-order valence-corrected chi connectivity index (χ4v) is 5.47. The fraction of sp³-hybridized carbons (Fsp3) is 0.586. The highest BCUT2D eigenvalue weighted by Gasteiger charge is 2.24. The number of benzene rings is 1. The number of hydrogen-bond donors (Lipinski definition) is 0. The van der Waals surface area contributed by atoms with Crippen molar-refractivity contribution in [2.75, 3.05) is 59.5 Å². The highest BCUT2D eigenvalue weighted by atomic mass is 16.5. The van der Waals surface area contributed by atoms with E-state index in [4.69, 9.17) is 4.74 Å². The molecule has 0 radical (unpaired) electrons. The second kappa shape index (κ2) is 12.5. The minimum Gasteiger partial charge on any atom is -0.497 e. The Bertz CT molecular complexity index is 1010. The Morgan fingerprint density at radius 1 is 0.833 bits per heavy atom. The van der Waals surface area contributed by atoms with Crippen molar-refractivity contribution in [3.8, 4) is 5.75 Å². The number of ketones is 1. The van der Waals surface area contributed by atoms with Gasteiger partial charge in [0.2, 0.25) is 5.91 Å². The first-order chi connectivity index (χ1) is 17.4. The predicted molar refractivity (Wildman–Crippen MR) is 143 cm³/mol. The van der Waals surface area contributed by atoms with E-state index < -0.39 is 0 Å². The van der Waals surface area contributed by atoms with Crippen molar-refractivity contribution in [3.05, 3.63) is 52.8 Å². The summed E-state index contributed by atoms with van der Waals surface area (Å²) in [6.45, 7) is 11.1. The van der Waals surface area contributed by atoms with Crippen LogP contribution in [0.25, 0.3) is 0 Å². The molecule has 196 valence electrons. The lowest BCUT2D eigenvalue weighted by atomic mass is 10.1. The van der Waals surface area contributed by atoms with Crippen LogP contribution >= 0.6 is 0 Å². The summed E-state index contributed by atoms with van der Waals surface area (Å²) in [6.07, 6.45) is 5.64. The summed E-state index contributed by atoms with van der Waals surface area (Å²) in [6, 6.07) is 10.2. The van der Waals surface area contributed by atoms with Gasteiger partial charge in [-0.15, -0.1) is 0 Å². The summed E-state index contributed by atoms with van der Waals surface area (Å²) < 4.78 is 7.50. The Morgan fingerprint density at radius 2 is 1.44 bits per heavy atom. The molecule has 1 aromatic carbocycles. The average Bonchev–Trinajstić information content (AvgIpc) is 3.05. The van der Waals surface area contributed by atoms with Crippen LogP contribution in [0.3, 0.4) is 0 Å². The topological polar surface area (TPSA) is 58.0 Å². The number of methoxy groups -OCH3 is 1. The first kappa shape index (κ1) is 26.4. The number of rotatable bonds is 9. The molecular weight excluding hydrogens is 452 g/mol. The van der Waals surface area contributed by atoms with Crippen LogP contribution in [0.2, 0.25) is 0 Å². The molecule has 36 heavy (non-hydrogen) atoms. The molecular formula is C29H42N4O3. The summed E-state index contributed by atoms with van der Waals surface area (Å²) in [5.41, 5.74) is 4.26. The van der Waals surface area contributed by atoms with Gasteiger partial charge in [-0.25, -0.2) is 0 Å². The second-order valence-corrected chi connectivity index (χ2v) is 10.3. The second-order valence-electron chi connectivity index (χ2n) is 10.3. The number of aromatic nitrogens is 1. The standard InChI is InChI=1S/C29H42N4O3/c1-23-20-27(24(2)33(23)15-12-25-8-10-26(36-3)11-9-25)28(34)21-30-16-18-31(19-17-30)22-29(35)32-13-6-4-5-7-14-32/h8-11,20H,4-7,12-19,21-22H2,1-3H3. The lowest BCUT2D eigenvalue weighted by Crippen LogP contribution is -2.51. The molecule has 0 unspecified atom stereocenters. The zero-order valence-electron chi connectivity index (χ0n) is 22.3. The maximum atomic E-state index is 13.2. The van der Waals surface area contributed by atoms with Crippen LogP contribution in [0.5, 0.6) is 5.75 Å². The van der Waals surface area contributed by atoms with Gasteiger partial charge < -0.3 is 14.2 Å². The Morgan fingerprint density at radius 3 is 2.06 bits per heavy atom. The Balaban J connectivity index is 1.25. The van der Waals surface area contributed by atoms with Crippen molar-refractivity contribution in [2.24, 2.45) is 0 Å². The van der Waals surface area contributed by atoms with E-state index in [9.17, 15) is 9.59 Å². The van der Waals surface area contributed by atoms with Crippen LogP contribution in [-0.2, 0) is 17.8 Å². The number of nitrogens with zero attached hydrogens (tertiary/aromatic N) is 4. The van der Waals surface area contributed by atoms with Crippen LogP contribution in [0, 0.1) is 13.8 Å². The third kappa shape index (κ3) is 6.77. The minimum absolute atomic E-state index is 0.188. The molecule has 1 amide bonds. The van der Waals surface area contributed by atoms with Gasteiger partial charge in [0.1, 0.15) is 5.75 Å². The van der Waals surface area contributed by atoms with Crippen LogP contribution < -0.4 is 4.74 Å². The molecule has 0 saturated carbocycles. The summed E-state index contributed by atoms with van der Waals surface area (Å²) >= 11 is 0. The van der Waals surface area contributed by atoms with Crippen molar-refractivity contribution in [3.63, 3.8) is 0 Å². The molecule has 2 aromatic rings. The van der Waals surface area contributed by atoms with E-state index in [1.165, 1.54) is 18.4 Å². The summed E-state index contributed by atoms with van der Waals surface area (Å²) in [5, 5.41) is 0. The molecule has 4 rings (SSSR count). The smallest absolute Gasteiger partial charge is 0.236 e. The zero-order valence-corrected chi connectivity index (χ0v) is 22.3. The maximum Gasteiger partial charge on any atom is 0.236 e. The highest BCUT2D eigenvalue weighted by Crippen LogP contribution is 2.19. The lowest BCUT2D eigenvalue weighted by Gasteiger charge is -2.35.